The number of fused-ring (bicyclic) bond motifs is 1. The van der Waals surface area contributed by atoms with Crippen molar-refractivity contribution in [1.29, 1.82) is 0 Å². The Bertz CT molecular complexity index is 1060. The van der Waals surface area contributed by atoms with Crippen LogP contribution in [0.1, 0.15) is 16.1 Å². The molecule has 1 aliphatic heterocycles. The molecule has 0 aliphatic carbocycles. The molecule has 8 nitrogen and oxygen atoms in total. The number of aromatic nitrogens is 2. The van der Waals surface area contributed by atoms with E-state index in [2.05, 4.69) is 9.88 Å². The molecule has 1 amide bonds. The molecule has 0 spiro atoms. The first-order chi connectivity index (χ1) is 13.6. The van der Waals surface area contributed by atoms with E-state index in [0.717, 1.165) is 24.3 Å². The number of ether oxygens (including phenoxy) is 2. The maximum Gasteiger partial charge on any atom is 0.301 e. The van der Waals surface area contributed by atoms with Crippen LogP contribution in [0.5, 0.6) is 5.75 Å². The number of pyridine rings is 1. The van der Waals surface area contributed by atoms with E-state index in [1.807, 2.05) is 36.4 Å². The predicted octanol–water partition coefficient (Wildman–Crippen LogP) is 1.21. The topological polar surface area (TPSA) is 99.2 Å². The van der Waals surface area contributed by atoms with Crippen LogP contribution in [0, 0.1) is 0 Å². The molecule has 3 heterocycles. The number of carbonyl (C=O) groups is 1. The van der Waals surface area contributed by atoms with E-state index in [9.17, 15) is 9.59 Å². The van der Waals surface area contributed by atoms with Gasteiger partial charge >= 0.3 is 5.56 Å². The monoisotopic (exact) mass is 380 g/mol. The first-order valence-corrected chi connectivity index (χ1v) is 8.99. The van der Waals surface area contributed by atoms with Crippen LogP contribution < -0.4 is 20.9 Å². The number of nitrogens with two attached hydrogens (primary N) is 1. The van der Waals surface area contributed by atoms with Crippen molar-refractivity contribution in [3.05, 3.63) is 70.3 Å². The van der Waals surface area contributed by atoms with E-state index in [4.69, 9.17) is 15.2 Å². The number of benzene rings is 1. The van der Waals surface area contributed by atoms with Gasteiger partial charge in [-0.05, 0) is 17.7 Å². The first kappa shape index (κ1) is 18.0. The lowest BCUT2D eigenvalue weighted by Crippen LogP contribution is -2.36. The molecule has 1 aliphatic rings. The maximum absolute atomic E-state index is 13.1. The van der Waals surface area contributed by atoms with Crippen LogP contribution in [0.2, 0.25) is 0 Å². The van der Waals surface area contributed by atoms with Gasteiger partial charge < -0.3 is 20.1 Å². The minimum atomic E-state index is -0.806. The molecule has 0 atom stereocenters. The molecule has 4 rings (SSSR count). The van der Waals surface area contributed by atoms with Gasteiger partial charge in [0.15, 0.2) is 5.69 Å². The van der Waals surface area contributed by atoms with Crippen molar-refractivity contribution in [2.24, 2.45) is 5.73 Å². The van der Waals surface area contributed by atoms with Gasteiger partial charge in [0.2, 0.25) is 5.75 Å². The highest BCUT2D eigenvalue weighted by Crippen LogP contribution is 2.19. The Balaban J connectivity index is 1.75. The number of morpholine rings is 1. The molecule has 1 saturated heterocycles. The summed E-state index contributed by atoms with van der Waals surface area (Å²) in [5.74, 6) is -0.951. The Labute approximate surface area is 161 Å². The largest absolute Gasteiger partial charge is 0.481 e. The molecule has 2 N–H and O–H groups in total. The van der Waals surface area contributed by atoms with Crippen LogP contribution in [-0.4, -0.2) is 41.6 Å². The molecule has 144 valence electrons. The lowest BCUT2D eigenvalue weighted by molar-refractivity contribution is 0.0990. The van der Waals surface area contributed by atoms with E-state index in [1.165, 1.54) is 4.40 Å². The molecule has 0 bridgehead atoms. The van der Waals surface area contributed by atoms with E-state index in [0.29, 0.717) is 18.9 Å². The van der Waals surface area contributed by atoms with Gasteiger partial charge in [-0.3, -0.25) is 14.0 Å². The highest BCUT2D eigenvalue weighted by atomic mass is 16.5. The number of hydrogen-bond acceptors (Lipinski definition) is 6. The number of rotatable bonds is 5. The Morgan fingerprint density at radius 1 is 1.14 bits per heavy atom. The molecule has 1 fully saturated rings. The third-order valence-corrected chi connectivity index (χ3v) is 4.60. The van der Waals surface area contributed by atoms with Crippen LogP contribution in [0.4, 0.5) is 5.69 Å². The number of primary amides is 1. The second-order valence-corrected chi connectivity index (χ2v) is 6.45. The number of nitrogens with zero attached hydrogens (tertiary/aromatic N) is 3. The number of hydrogen-bond donors (Lipinski definition) is 1. The molecule has 0 unspecified atom stereocenters. The van der Waals surface area contributed by atoms with Gasteiger partial charge in [-0.15, -0.1) is 0 Å². The van der Waals surface area contributed by atoms with Gasteiger partial charge in [0.1, 0.15) is 12.3 Å². The second kappa shape index (κ2) is 7.69. The van der Waals surface area contributed by atoms with Crippen molar-refractivity contribution in [1.82, 2.24) is 9.38 Å². The summed E-state index contributed by atoms with van der Waals surface area (Å²) in [6.45, 7) is 2.89. The summed E-state index contributed by atoms with van der Waals surface area (Å²) in [6.07, 6.45) is 1.70. The summed E-state index contributed by atoms with van der Waals surface area (Å²) >= 11 is 0. The summed E-state index contributed by atoms with van der Waals surface area (Å²) in [5.41, 5.74) is 6.88. The van der Waals surface area contributed by atoms with Gasteiger partial charge in [-0.2, -0.15) is 0 Å². The van der Waals surface area contributed by atoms with Gasteiger partial charge in [0, 0.05) is 19.3 Å². The Hall–Kier alpha value is -3.39. The van der Waals surface area contributed by atoms with Crippen LogP contribution in [0.25, 0.3) is 5.65 Å². The van der Waals surface area contributed by atoms with Crippen molar-refractivity contribution in [2.45, 2.75) is 6.61 Å². The zero-order chi connectivity index (χ0) is 19.5. The van der Waals surface area contributed by atoms with Crippen LogP contribution in [0.15, 0.2) is 53.5 Å². The summed E-state index contributed by atoms with van der Waals surface area (Å²) in [4.78, 5) is 31.3. The molecule has 28 heavy (non-hydrogen) atoms. The Morgan fingerprint density at radius 3 is 2.61 bits per heavy atom. The SMILES string of the molecule is NC(=O)c1nc2ccc(N3CCOCC3)cn2c(=O)c1OCc1ccccc1. The van der Waals surface area contributed by atoms with Crippen molar-refractivity contribution in [3.8, 4) is 5.75 Å². The number of amides is 1. The molecular formula is C20H20N4O4. The standard InChI is InChI=1S/C20H20N4O4/c21-19(25)17-18(28-13-14-4-2-1-3-5-14)20(26)24-12-15(6-7-16(24)22-17)23-8-10-27-11-9-23/h1-7,12H,8-11,13H2,(H2,21,25). The lowest BCUT2D eigenvalue weighted by Gasteiger charge is -2.28. The molecule has 0 radical (unpaired) electrons. The van der Waals surface area contributed by atoms with E-state index in [-0.39, 0.29) is 18.1 Å². The lowest BCUT2D eigenvalue weighted by atomic mass is 10.2. The third kappa shape index (κ3) is 3.54. The summed E-state index contributed by atoms with van der Waals surface area (Å²) < 4.78 is 12.4. The molecule has 3 aromatic rings. The van der Waals surface area contributed by atoms with Crippen LogP contribution in [0.3, 0.4) is 0 Å². The second-order valence-electron chi connectivity index (χ2n) is 6.45. The summed E-state index contributed by atoms with van der Waals surface area (Å²) in [5, 5.41) is 0. The van der Waals surface area contributed by atoms with E-state index in [1.54, 1.807) is 12.3 Å². The van der Waals surface area contributed by atoms with E-state index >= 15 is 0 Å². The summed E-state index contributed by atoms with van der Waals surface area (Å²) in [7, 11) is 0. The smallest absolute Gasteiger partial charge is 0.301 e. The minimum absolute atomic E-state index is 0.132. The average Bonchev–Trinajstić information content (AvgIpc) is 2.74. The van der Waals surface area contributed by atoms with Crippen molar-refractivity contribution in [2.75, 3.05) is 31.2 Å². The zero-order valence-electron chi connectivity index (χ0n) is 15.2. The maximum atomic E-state index is 13.1. The zero-order valence-corrected chi connectivity index (χ0v) is 15.2. The summed E-state index contributed by atoms with van der Waals surface area (Å²) in [6, 6.07) is 12.9. The van der Waals surface area contributed by atoms with Crippen molar-refractivity contribution in [3.63, 3.8) is 0 Å². The fourth-order valence-electron chi connectivity index (χ4n) is 3.15. The van der Waals surface area contributed by atoms with Gasteiger partial charge in [-0.25, -0.2) is 4.98 Å². The highest BCUT2D eigenvalue weighted by molar-refractivity contribution is 5.94. The van der Waals surface area contributed by atoms with Crippen LogP contribution in [-0.2, 0) is 11.3 Å². The van der Waals surface area contributed by atoms with Crippen LogP contribution >= 0.6 is 0 Å². The fraction of sp³-hybridized carbons (Fsp3) is 0.250. The molecule has 1 aromatic carbocycles. The van der Waals surface area contributed by atoms with Crippen molar-refractivity contribution >= 4 is 17.2 Å². The number of anilines is 1. The van der Waals surface area contributed by atoms with Crippen molar-refractivity contribution < 1.29 is 14.3 Å². The first-order valence-electron chi connectivity index (χ1n) is 8.99. The fourth-order valence-corrected chi connectivity index (χ4v) is 3.15. The third-order valence-electron chi connectivity index (χ3n) is 4.60. The predicted molar refractivity (Wildman–Crippen MR) is 104 cm³/mol. The quantitative estimate of drug-likeness (QED) is 0.714. The number of carbonyl (C=O) groups excluding carboxylic acids is 1. The van der Waals surface area contributed by atoms with E-state index < -0.39 is 11.5 Å². The van der Waals surface area contributed by atoms with Gasteiger partial charge in [-0.1, -0.05) is 30.3 Å². The average molecular weight is 380 g/mol. The van der Waals surface area contributed by atoms with Gasteiger partial charge in [0.25, 0.3) is 5.91 Å². The highest BCUT2D eigenvalue weighted by Gasteiger charge is 2.20. The molecule has 0 saturated carbocycles. The molecular weight excluding hydrogens is 360 g/mol. The Morgan fingerprint density at radius 2 is 1.89 bits per heavy atom. The molecule has 8 heteroatoms. The molecule has 2 aromatic heterocycles. The Kier molecular flexibility index (Phi) is 4.94. The normalized spacial score (nSPS) is 14.2. The van der Waals surface area contributed by atoms with Gasteiger partial charge in [0.05, 0.1) is 18.9 Å². The minimum Gasteiger partial charge on any atom is -0.481 e.